The first-order valence-electron chi connectivity index (χ1n) is 4.86. The van der Waals surface area contributed by atoms with E-state index in [0.717, 1.165) is 0 Å². The normalized spacial score (nSPS) is 15.5. The van der Waals surface area contributed by atoms with Crippen LogP contribution in [-0.4, -0.2) is 43.0 Å². The zero-order valence-electron chi connectivity index (χ0n) is 9.19. The van der Waals surface area contributed by atoms with Gasteiger partial charge in [0.2, 0.25) is 0 Å². The van der Waals surface area contributed by atoms with Crippen LogP contribution in [0.2, 0.25) is 0 Å². The highest BCUT2D eigenvalue weighted by molar-refractivity contribution is 6.18. The van der Waals surface area contributed by atoms with Crippen LogP contribution in [0.5, 0.6) is 0 Å². The second-order valence-corrected chi connectivity index (χ2v) is 3.10. The van der Waals surface area contributed by atoms with Crippen LogP contribution in [0.3, 0.4) is 0 Å². The fourth-order valence-electron chi connectivity index (χ4n) is 1.29. The topological polar surface area (TPSA) is 72.9 Å². The minimum Gasteiger partial charge on any atom is -0.462 e. The van der Waals surface area contributed by atoms with Crippen molar-refractivity contribution in [2.45, 2.75) is 13.3 Å². The Hall–Kier alpha value is -1.85. The van der Waals surface area contributed by atoms with Crippen molar-refractivity contribution in [2.75, 3.05) is 20.3 Å². The molecule has 0 saturated carbocycles. The summed E-state index contributed by atoms with van der Waals surface area (Å²) >= 11 is 0. The van der Waals surface area contributed by atoms with E-state index in [4.69, 9.17) is 4.74 Å². The molecule has 16 heavy (non-hydrogen) atoms. The number of carbonyl (C=O) groups excluding carboxylic acids is 3. The van der Waals surface area contributed by atoms with E-state index in [9.17, 15) is 14.4 Å². The van der Waals surface area contributed by atoms with Gasteiger partial charge in [0.25, 0.3) is 0 Å². The van der Waals surface area contributed by atoms with Crippen LogP contribution in [0.15, 0.2) is 11.8 Å². The van der Waals surface area contributed by atoms with Crippen molar-refractivity contribution in [1.29, 1.82) is 0 Å². The third kappa shape index (κ3) is 2.59. The van der Waals surface area contributed by atoms with E-state index in [0.29, 0.717) is 0 Å². The first kappa shape index (κ1) is 12.2. The Morgan fingerprint density at radius 1 is 1.50 bits per heavy atom. The molecule has 0 aromatic rings. The number of Topliss-reactive ketones (excluding diaryl/α,β-unsaturated/α-hetero) is 1. The summed E-state index contributed by atoms with van der Waals surface area (Å²) in [6.45, 7) is 2.04. The molecule has 0 atom stereocenters. The maximum atomic E-state index is 11.4. The summed E-state index contributed by atoms with van der Waals surface area (Å²) in [6.07, 6.45) is 0.671. The average molecular weight is 227 g/mol. The van der Waals surface area contributed by atoms with Gasteiger partial charge in [-0.2, -0.15) is 0 Å². The summed E-state index contributed by atoms with van der Waals surface area (Å²) in [5.41, 5.74) is -0.112. The van der Waals surface area contributed by atoms with Gasteiger partial charge in [0.15, 0.2) is 5.78 Å². The minimum atomic E-state index is -0.707. The SMILES string of the molecule is CCOC(=O)C1=CN(C(=O)OC)CCC1=O. The van der Waals surface area contributed by atoms with Gasteiger partial charge in [-0.25, -0.2) is 9.59 Å². The minimum absolute atomic E-state index is 0.0970. The van der Waals surface area contributed by atoms with E-state index in [1.807, 2.05) is 0 Å². The molecule has 0 saturated heterocycles. The molecule has 0 spiro atoms. The van der Waals surface area contributed by atoms with Crippen LogP contribution in [0.25, 0.3) is 0 Å². The molecule has 1 aliphatic heterocycles. The van der Waals surface area contributed by atoms with Gasteiger partial charge < -0.3 is 9.47 Å². The monoisotopic (exact) mass is 227 g/mol. The Balaban J connectivity index is 2.86. The molecule has 0 aromatic heterocycles. The highest BCUT2D eigenvalue weighted by Gasteiger charge is 2.27. The molecular weight excluding hydrogens is 214 g/mol. The second-order valence-electron chi connectivity index (χ2n) is 3.10. The first-order chi connectivity index (χ1) is 7.60. The lowest BCUT2D eigenvalue weighted by Crippen LogP contribution is -2.35. The first-order valence-corrected chi connectivity index (χ1v) is 4.86. The van der Waals surface area contributed by atoms with Crippen molar-refractivity contribution in [3.05, 3.63) is 11.8 Å². The molecule has 0 radical (unpaired) electrons. The Kier molecular flexibility index (Phi) is 4.04. The lowest BCUT2D eigenvalue weighted by atomic mass is 10.1. The summed E-state index contributed by atoms with van der Waals surface area (Å²) in [4.78, 5) is 35.2. The number of nitrogens with zero attached hydrogens (tertiary/aromatic N) is 1. The van der Waals surface area contributed by atoms with Crippen molar-refractivity contribution in [1.82, 2.24) is 4.90 Å². The number of ether oxygens (including phenoxy) is 2. The third-order valence-corrected chi connectivity index (χ3v) is 2.07. The Morgan fingerprint density at radius 3 is 2.75 bits per heavy atom. The zero-order chi connectivity index (χ0) is 12.1. The molecule has 0 aliphatic carbocycles. The standard InChI is InChI=1S/C10H13NO5/c1-3-16-9(13)7-6-11(10(14)15-2)5-4-8(7)12/h6H,3-5H2,1-2H3. The van der Waals surface area contributed by atoms with E-state index in [2.05, 4.69) is 4.74 Å². The van der Waals surface area contributed by atoms with Gasteiger partial charge in [0, 0.05) is 19.2 Å². The van der Waals surface area contributed by atoms with E-state index < -0.39 is 12.1 Å². The molecule has 88 valence electrons. The Labute approximate surface area is 92.8 Å². The summed E-state index contributed by atoms with van der Waals surface area (Å²) in [5, 5.41) is 0. The zero-order valence-corrected chi connectivity index (χ0v) is 9.19. The number of ketones is 1. The van der Waals surface area contributed by atoms with Gasteiger partial charge in [-0.05, 0) is 6.92 Å². The van der Waals surface area contributed by atoms with Gasteiger partial charge in [0.1, 0.15) is 5.57 Å². The third-order valence-electron chi connectivity index (χ3n) is 2.07. The van der Waals surface area contributed by atoms with Gasteiger partial charge in [-0.3, -0.25) is 9.69 Å². The highest BCUT2D eigenvalue weighted by atomic mass is 16.5. The summed E-state index contributed by atoms with van der Waals surface area (Å²) in [5.74, 6) is -1.03. The van der Waals surface area contributed by atoms with Crippen LogP contribution in [0, 0.1) is 0 Å². The second kappa shape index (κ2) is 5.29. The number of rotatable bonds is 2. The van der Waals surface area contributed by atoms with Crippen LogP contribution < -0.4 is 0 Å². The van der Waals surface area contributed by atoms with E-state index in [1.54, 1.807) is 6.92 Å². The smallest absolute Gasteiger partial charge is 0.413 e. The molecule has 0 aromatic carbocycles. The van der Waals surface area contributed by atoms with Crippen molar-refractivity contribution in [3.8, 4) is 0 Å². The van der Waals surface area contributed by atoms with E-state index >= 15 is 0 Å². The molecule has 1 heterocycles. The fraction of sp³-hybridized carbons (Fsp3) is 0.500. The van der Waals surface area contributed by atoms with E-state index in [-0.39, 0.29) is 30.9 Å². The quantitative estimate of drug-likeness (QED) is 0.506. The predicted octanol–water partition coefficient (Wildman–Crippen LogP) is 0.475. The number of amides is 1. The van der Waals surface area contributed by atoms with Crippen LogP contribution in [0.4, 0.5) is 4.79 Å². The fourth-order valence-corrected chi connectivity index (χ4v) is 1.29. The Morgan fingerprint density at radius 2 is 2.19 bits per heavy atom. The summed E-state index contributed by atoms with van der Waals surface area (Å²) in [7, 11) is 1.23. The molecule has 1 amide bonds. The summed E-state index contributed by atoms with van der Waals surface area (Å²) < 4.78 is 9.20. The molecule has 1 aliphatic rings. The number of methoxy groups -OCH3 is 1. The van der Waals surface area contributed by atoms with Gasteiger partial charge in [0.05, 0.1) is 13.7 Å². The van der Waals surface area contributed by atoms with Crippen molar-refractivity contribution in [3.63, 3.8) is 0 Å². The molecular formula is C10H13NO5. The number of esters is 1. The van der Waals surface area contributed by atoms with Gasteiger partial charge in [-0.1, -0.05) is 0 Å². The predicted molar refractivity (Wildman–Crippen MR) is 53.5 cm³/mol. The molecule has 1 rings (SSSR count). The van der Waals surface area contributed by atoms with Crippen molar-refractivity contribution < 1.29 is 23.9 Å². The van der Waals surface area contributed by atoms with E-state index in [1.165, 1.54) is 18.2 Å². The lowest BCUT2D eigenvalue weighted by Gasteiger charge is -2.21. The lowest BCUT2D eigenvalue weighted by molar-refractivity contribution is -0.140. The van der Waals surface area contributed by atoms with Crippen molar-refractivity contribution in [2.24, 2.45) is 0 Å². The molecule has 0 unspecified atom stereocenters. The summed E-state index contributed by atoms with van der Waals surface area (Å²) in [6, 6.07) is 0. The number of carbonyl (C=O) groups is 3. The Bertz CT molecular complexity index is 347. The largest absolute Gasteiger partial charge is 0.462 e. The number of hydrogen-bond donors (Lipinski definition) is 0. The molecule has 0 N–H and O–H groups in total. The average Bonchev–Trinajstić information content (AvgIpc) is 2.29. The van der Waals surface area contributed by atoms with Gasteiger partial charge in [-0.15, -0.1) is 0 Å². The van der Waals surface area contributed by atoms with Gasteiger partial charge >= 0.3 is 12.1 Å². The van der Waals surface area contributed by atoms with Crippen LogP contribution in [0.1, 0.15) is 13.3 Å². The molecule has 6 heteroatoms. The number of hydrogen-bond acceptors (Lipinski definition) is 5. The highest BCUT2D eigenvalue weighted by Crippen LogP contribution is 2.13. The maximum Gasteiger partial charge on any atom is 0.413 e. The molecule has 0 bridgehead atoms. The molecule has 6 nitrogen and oxygen atoms in total. The maximum absolute atomic E-state index is 11.4. The van der Waals surface area contributed by atoms with Crippen LogP contribution >= 0.6 is 0 Å². The molecule has 0 fully saturated rings. The van der Waals surface area contributed by atoms with Crippen molar-refractivity contribution >= 4 is 17.8 Å². The van der Waals surface area contributed by atoms with Crippen LogP contribution in [-0.2, 0) is 19.1 Å².